The van der Waals surface area contributed by atoms with Crippen LogP contribution in [-0.2, 0) is 19.6 Å². The number of hydrogen-bond acceptors (Lipinski definition) is 5. The molecule has 0 unspecified atom stereocenters. The fraction of sp³-hybridized carbons (Fsp3) is 0.259. The molecule has 0 spiro atoms. The minimum atomic E-state index is -0.545. The molecule has 0 aliphatic heterocycles. The Kier molecular flexibility index (Phi) is 6.05. The molecule has 0 aliphatic rings. The van der Waals surface area contributed by atoms with Crippen LogP contribution < -0.4 is 16.8 Å². The van der Waals surface area contributed by atoms with Gasteiger partial charge in [0.05, 0.1) is 6.54 Å². The minimum Gasteiger partial charge on any atom is -0.494 e. The van der Waals surface area contributed by atoms with Crippen LogP contribution >= 0.6 is 0 Å². The second-order valence-corrected chi connectivity index (χ2v) is 8.75. The van der Waals surface area contributed by atoms with Crippen molar-refractivity contribution < 1.29 is 5.11 Å². The van der Waals surface area contributed by atoms with E-state index in [-0.39, 0.29) is 41.5 Å². The Morgan fingerprint density at radius 2 is 1.39 bits per heavy atom. The lowest BCUT2D eigenvalue weighted by molar-refractivity contribution is 0.445. The highest BCUT2D eigenvalue weighted by molar-refractivity contribution is 5.80. The first-order chi connectivity index (χ1) is 17.5. The van der Waals surface area contributed by atoms with E-state index in [9.17, 15) is 19.5 Å². The summed E-state index contributed by atoms with van der Waals surface area (Å²) in [5.74, 6) is -0.276. The zero-order valence-electron chi connectivity index (χ0n) is 20.2. The smallest absolute Gasteiger partial charge is 0.332 e. The molecule has 0 aliphatic carbocycles. The molecule has 3 aromatic heterocycles. The summed E-state index contributed by atoms with van der Waals surface area (Å²) in [4.78, 5) is 45.3. The molecule has 0 fully saturated rings. The van der Waals surface area contributed by atoms with Crippen molar-refractivity contribution in [3.05, 3.63) is 97.4 Å². The van der Waals surface area contributed by atoms with Crippen molar-refractivity contribution in [2.45, 2.75) is 46.3 Å². The third-order valence-corrected chi connectivity index (χ3v) is 6.28. The Morgan fingerprint density at radius 1 is 0.778 bits per heavy atom. The summed E-state index contributed by atoms with van der Waals surface area (Å²) in [5.41, 5.74) is 0.227. The van der Waals surface area contributed by atoms with E-state index < -0.39 is 16.8 Å². The van der Waals surface area contributed by atoms with E-state index in [1.807, 2.05) is 50.2 Å². The lowest BCUT2D eigenvalue weighted by Crippen LogP contribution is -2.40. The van der Waals surface area contributed by atoms with Crippen LogP contribution in [0.2, 0.25) is 0 Å². The molecule has 0 radical (unpaired) electrons. The fourth-order valence-corrected chi connectivity index (χ4v) is 4.65. The van der Waals surface area contributed by atoms with Crippen molar-refractivity contribution in [2.24, 2.45) is 0 Å². The van der Waals surface area contributed by atoms with Gasteiger partial charge in [0.15, 0.2) is 11.2 Å². The van der Waals surface area contributed by atoms with E-state index in [1.54, 1.807) is 24.3 Å². The van der Waals surface area contributed by atoms with Crippen LogP contribution in [0, 0.1) is 0 Å². The molecule has 184 valence electrons. The molecule has 0 amide bonds. The molecule has 0 atom stereocenters. The van der Waals surface area contributed by atoms with E-state index in [0.29, 0.717) is 24.9 Å². The van der Waals surface area contributed by atoms with Crippen molar-refractivity contribution in [1.82, 2.24) is 23.1 Å². The number of aromatic nitrogens is 5. The third-order valence-electron chi connectivity index (χ3n) is 6.28. The van der Waals surface area contributed by atoms with E-state index in [2.05, 4.69) is 4.98 Å². The van der Waals surface area contributed by atoms with Gasteiger partial charge in [0.2, 0.25) is 11.7 Å². The van der Waals surface area contributed by atoms with Gasteiger partial charge in [-0.2, -0.15) is 4.98 Å². The van der Waals surface area contributed by atoms with Gasteiger partial charge in [0.25, 0.3) is 11.1 Å². The number of aryl methyl sites for hydroxylation is 1. The summed E-state index contributed by atoms with van der Waals surface area (Å²) in [5, 5.41) is 11.5. The van der Waals surface area contributed by atoms with Crippen LogP contribution in [0.5, 0.6) is 5.88 Å². The molecule has 5 rings (SSSR count). The second kappa shape index (κ2) is 9.33. The Labute approximate surface area is 206 Å². The quantitative estimate of drug-likeness (QED) is 0.381. The summed E-state index contributed by atoms with van der Waals surface area (Å²) in [6.45, 7) is 4.57. The van der Waals surface area contributed by atoms with Crippen LogP contribution in [0.25, 0.3) is 28.1 Å². The first kappa shape index (κ1) is 23.3. The van der Waals surface area contributed by atoms with Gasteiger partial charge in [-0.15, -0.1) is 0 Å². The third kappa shape index (κ3) is 3.64. The van der Waals surface area contributed by atoms with Gasteiger partial charge in [-0.1, -0.05) is 74.5 Å². The van der Waals surface area contributed by atoms with Crippen LogP contribution in [0.1, 0.15) is 32.3 Å². The van der Waals surface area contributed by atoms with E-state index >= 15 is 0 Å². The largest absolute Gasteiger partial charge is 0.494 e. The van der Waals surface area contributed by atoms with Gasteiger partial charge in [-0.25, -0.2) is 9.20 Å². The number of fused-ring (bicyclic) bond motifs is 3. The monoisotopic (exact) mass is 485 g/mol. The second-order valence-electron chi connectivity index (χ2n) is 8.75. The number of nitrogens with zero attached hydrogens (tertiary/aromatic N) is 5. The molecule has 1 N–H and O–H groups in total. The highest BCUT2D eigenvalue weighted by Crippen LogP contribution is 2.29. The van der Waals surface area contributed by atoms with Crippen molar-refractivity contribution in [3.8, 4) is 17.0 Å². The number of aromatic hydroxyl groups is 1. The molecular formula is C27H27N5O4. The van der Waals surface area contributed by atoms with Gasteiger partial charge in [0, 0.05) is 13.1 Å². The van der Waals surface area contributed by atoms with Crippen molar-refractivity contribution in [2.75, 3.05) is 0 Å². The Balaban J connectivity index is 1.99. The van der Waals surface area contributed by atoms with Gasteiger partial charge < -0.3 is 5.11 Å². The summed E-state index contributed by atoms with van der Waals surface area (Å²) in [7, 11) is 0. The number of hydrogen-bond donors (Lipinski definition) is 1. The van der Waals surface area contributed by atoms with E-state index in [4.69, 9.17) is 0 Å². The molecule has 0 bridgehead atoms. The molecule has 2 aromatic carbocycles. The lowest BCUT2D eigenvalue weighted by Gasteiger charge is -2.14. The predicted molar refractivity (Wildman–Crippen MR) is 139 cm³/mol. The number of benzene rings is 2. The average Bonchev–Trinajstić information content (AvgIpc) is 3.29. The van der Waals surface area contributed by atoms with Gasteiger partial charge in [-0.05, 0) is 24.0 Å². The van der Waals surface area contributed by atoms with E-state index in [1.165, 1.54) is 18.1 Å². The fourth-order valence-electron chi connectivity index (χ4n) is 4.65. The van der Waals surface area contributed by atoms with Crippen molar-refractivity contribution in [3.63, 3.8) is 0 Å². The standard InChI is InChI=1S/C27H27N5O4/c1-3-15-29-22-21(25(35)30(16-4-2)27(29)36)32-24(34)20(19-13-9-6-10-14-19)23(33)31(26(32)28-22)17-18-11-7-5-8-12-18/h5-14,34H,3-4,15-17H2,1-2H3. The lowest BCUT2D eigenvalue weighted by atomic mass is 10.1. The molecule has 5 aromatic rings. The first-order valence-electron chi connectivity index (χ1n) is 12.1. The first-order valence-corrected chi connectivity index (χ1v) is 12.1. The molecule has 36 heavy (non-hydrogen) atoms. The zero-order valence-corrected chi connectivity index (χ0v) is 20.2. The molecule has 0 saturated carbocycles. The summed E-state index contributed by atoms with van der Waals surface area (Å²) < 4.78 is 5.41. The van der Waals surface area contributed by atoms with Crippen LogP contribution in [0.15, 0.2) is 75.0 Å². The van der Waals surface area contributed by atoms with Gasteiger partial charge >= 0.3 is 5.69 Å². The van der Waals surface area contributed by atoms with Crippen LogP contribution in [0.4, 0.5) is 0 Å². The Hall–Kier alpha value is -4.40. The maximum Gasteiger partial charge on any atom is 0.332 e. The van der Waals surface area contributed by atoms with Crippen molar-refractivity contribution in [1.29, 1.82) is 0 Å². The molecule has 0 saturated heterocycles. The Bertz CT molecular complexity index is 1750. The SMILES string of the molecule is CCCn1c(=O)c2c(nc3n(Cc4ccccc4)c(=O)c(-c4ccccc4)c(O)n23)n(CCC)c1=O. The predicted octanol–water partition coefficient (Wildman–Crippen LogP) is 3.21. The summed E-state index contributed by atoms with van der Waals surface area (Å²) in [6, 6.07) is 18.3. The van der Waals surface area contributed by atoms with Gasteiger partial charge in [-0.3, -0.25) is 23.3 Å². The number of rotatable bonds is 7. The average molecular weight is 486 g/mol. The maximum absolute atomic E-state index is 13.8. The molecule has 3 heterocycles. The minimum absolute atomic E-state index is 0.0630. The van der Waals surface area contributed by atoms with Gasteiger partial charge in [0.1, 0.15) is 5.56 Å². The maximum atomic E-state index is 13.8. The molecule has 9 heteroatoms. The van der Waals surface area contributed by atoms with Crippen LogP contribution in [0.3, 0.4) is 0 Å². The highest BCUT2D eigenvalue weighted by atomic mass is 16.3. The topological polar surface area (TPSA) is 104 Å². The number of imidazole rings is 1. The van der Waals surface area contributed by atoms with Crippen molar-refractivity contribution >= 4 is 16.9 Å². The molecule has 9 nitrogen and oxygen atoms in total. The summed E-state index contributed by atoms with van der Waals surface area (Å²) in [6.07, 6.45) is 1.23. The summed E-state index contributed by atoms with van der Waals surface area (Å²) >= 11 is 0. The normalized spacial score (nSPS) is 11.5. The van der Waals surface area contributed by atoms with Crippen LogP contribution in [-0.4, -0.2) is 28.2 Å². The van der Waals surface area contributed by atoms with E-state index in [0.717, 1.165) is 5.56 Å². The highest BCUT2D eigenvalue weighted by Gasteiger charge is 2.26. The molecular weight excluding hydrogens is 458 g/mol. The Morgan fingerprint density at radius 3 is 2.03 bits per heavy atom. The zero-order chi connectivity index (χ0) is 25.4.